The predicted molar refractivity (Wildman–Crippen MR) is 143 cm³/mol. The van der Waals surface area contributed by atoms with Gasteiger partial charge in [-0.3, -0.25) is 19.5 Å². The molecule has 4 aromatic rings. The molecule has 0 fully saturated rings. The van der Waals surface area contributed by atoms with Crippen LogP contribution in [0.2, 0.25) is 0 Å². The summed E-state index contributed by atoms with van der Waals surface area (Å²) in [4.78, 5) is 23.3. The summed E-state index contributed by atoms with van der Waals surface area (Å²) in [5.74, 6) is 1.61. The van der Waals surface area contributed by atoms with E-state index in [9.17, 15) is 14.9 Å². The molecule has 38 heavy (non-hydrogen) atoms. The Bertz CT molecular complexity index is 1420. The molecule has 0 saturated heterocycles. The number of aromatic nitrogens is 3. The SMILES string of the molecule is COc1cc(-c2nnc(S[C@H](C)C(=O)Nc3ccc([N+](=O)[O-])cc3)n2-c2ccccc2)cc(OC)c1OC. The Morgan fingerprint density at radius 1 is 0.974 bits per heavy atom. The smallest absolute Gasteiger partial charge is 0.269 e. The van der Waals surface area contributed by atoms with Gasteiger partial charge in [-0.25, -0.2) is 0 Å². The summed E-state index contributed by atoms with van der Waals surface area (Å²) in [6.45, 7) is 1.74. The lowest BCUT2D eigenvalue weighted by Gasteiger charge is -2.16. The molecule has 196 valence electrons. The molecule has 0 radical (unpaired) electrons. The molecule has 3 aromatic carbocycles. The van der Waals surface area contributed by atoms with Gasteiger partial charge in [-0.15, -0.1) is 10.2 Å². The predicted octanol–water partition coefficient (Wildman–Crippen LogP) is 4.99. The number of hydrogen-bond donors (Lipinski definition) is 1. The van der Waals surface area contributed by atoms with E-state index in [1.54, 1.807) is 19.1 Å². The Hall–Kier alpha value is -4.58. The lowest BCUT2D eigenvalue weighted by atomic mass is 10.1. The van der Waals surface area contributed by atoms with Crippen LogP contribution in [0.4, 0.5) is 11.4 Å². The van der Waals surface area contributed by atoms with Gasteiger partial charge in [0.15, 0.2) is 22.5 Å². The molecule has 0 aliphatic heterocycles. The zero-order valence-corrected chi connectivity index (χ0v) is 21.9. The van der Waals surface area contributed by atoms with E-state index in [-0.39, 0.29) is 11.6 Å². The largest absolute Gasteiger partial charge is 0.493 e. The molecule has 12 heteroatoms. The normalized spacial score (nSPS) is 11.5. The van der Waals surface area contributed by atoms with Gasteiger partial charge in [0.2, 0.25) is 11.7 Å². The first kappa shape index (κ1) is 26.5. The summed E-state index contributed by atoms with van der Waals surface area (Å²) in [5.41, 5.74) is 1.87. The maximum Gasteiger partial charge on any atom is 0.269 e. The number of hydrogen-bond acceptors (Lipinski definition) is 9. The second kappa shape index (κ2) is 11.6. The van der Waals surface area contributed by atoms with Crippen molar-refractivity contribution >= 4 is 29.0 Å². The zero-order valence-electron chi connectivity index (χ0n) is 21.1. The topological polar surface area (TPSA) is 131 Å². The van der Waals surface area contributed by atoms with Crippen LogP contribution >= 0.6 is 11.8 Å². The van der Waals surface area contributed by atoms with Crippen LogP contribution in [0.15, 0.2) is 71.9 Å². The van der Waals surface area contributed by atoms with Crippen molar-refractivity contribution in [2.24, 2.45) is 0 Å². The molecule has 1 N–H and O–H groups in total. The molecule has 1 heterocycles. The lowest BCUT2D eigenvalue weighted by molar-refractivity contribution is -0.384. The van der Waals surface area contributed by atoms with Crippen molar-refractivity contribution in [2.45, 2.75) is 17.3 Å². The number of methoxy groups -OCH3 is 3. The lowest BCUT2D eigenvalue weighted by Crippen LogP contribution is -2.22. The molecule has 0 aliphatic carbocycles. The maximum absolute atomic E-state index is 12.9. The number of para-hydroxylation sites is 1. The first-order valence-electron chi connectivity index (χ1n) is 11.4. The number of nitrogens with zero attached hydrogens (tertiary/aromatic N) is 4. The van der Waals surface area contributed by atoms with E-state index in [2.05, 4.69) is 15.5 Å². The summed E-state index contributed by atoms with van der Waals surface area (Å²) in [6.07, 6.45) is 0. The van der Waals surface area contributed by atoms with Gasteiger partial charge in [0.25, 0.3) is 5.69 Å². The van der Waals surface area contributed by atoms with Crippen molar-refractivity contribution in [1.82, 2.24) is 14.8 Å². The Morgan fingerprint density at radius 2 is 1.61 bits per heavy atom. The Kier molecular flexibility index (Phi) is 8.12. The van der Waals surface area contributed by atoms with Crippen LogP contribution in [-0.4, -0.2) is 52.2 Å². The van der Waals surface area contributed by atoms with Crippen LogP contribution in [-0.2, 0) is 4.79 Å². The molecule has 11 nitrogen and oxygen atoms in total. The van der Waals surface area contributed by atoms with Crippen molar-refractivity contribution < 1.29 is 23.9 Å². The molecule has 1 atom stereocenters. The Balaban J connectivity index is 1.67. The highest BCUT2D eigenvalue weighted by molar-refractivity contribution is 8.00. The van der Waals surface area contributed by atoms with Crippen LogP contribution in [0.1, 0.15) is 6.92 Å². The molecule has 4 rings (SSSR count). The molecule has 1 amide bonds. The number of carbonyl (C=O) groups is 1. The molecule has 0 spiro atoms. The van der Waals surface area contributed by atoms with Gasteiger partial charge in [-0.2, -0.15) is 0 Å². The van der Waals surface area contributed by atoms with Crippen molar-refractivity contribution in [3.8, 4) is 34.3 Å². The number of ether oxygens (including phenoxy) is 3. The quantitative estimate of drug-likeness (QED) is 0.170. The van der Waals surface area contributed by atoms with Gasteiger partial charge < -0.3 is 19.5 Å². The number of benzene rings is 3. The number of thioether (sulfide) groups is 1. The van der Waals surface area contributed by atoms with Crippen LogP contribution < -0.4 is 19.5 Å². The Labute approximate surface area is 222 Å². The van der Waals surface area contributed by atoms with E-state index in [0.29, 0.717) is 39.5 Å². The van der Waals surface area contributed by atoms with Crippen molar-refractivity contribution in [2.75, 3.05) is 26.6 Å². The van der Waals surface area contributed by atoms with Crippen LogP contribution in [0.3, 0.4) is 0 Å². The second-order valence-corrected chi connectivity index (χ2v) is 9.25. The summed E-state index contributed by atoms with van der Waals surface area (Å²) >= 11 is 1.23. The highest BCUT2D eigenvalue weighted by Crippen LogP contribution is 2.42. The molecule has 0 unspecified atom stereocenters. The fourth-order valence-electron chi connectivity index (χ4n) is 3.68. The van der Waals surface area contributed by atoms with Gasteiger partial charge in [-0.1, -0.05) is 30.0 Å². The molecule has 1 aromatic heterocycles. The van der Waals surface area contributed by atoms with Gasteiger partial charge >= 0.3 is 0 Å². The summed E-state index contributed by atoms with van der Waals surface area (Å²) < 4.78 is 18.3. The average molecular weight is 536 g/mol. The maximum atomic E-state index is 12.9. The number of anilines is 1. The van der Waals surface area contributed by atoms with Crippen molar-refractivity contribution in [3.05, 3.63) is 76.8 Å². The Morgan fingerprint density at radius 3 is 2.16 bits per heavy atom. The third-order valence-corrected chi connectivity index (χ3v) is 6.61. The number of nitro groups is 1. The van der Waals surface area contributed by atoms with E-state index in [1.807, 2.05) is 34.9 Å². The van der Waals surface area contributed by atoms with Gasteiger partial charge in [-0.05, 0) is 43.3 Å². The van der Waals surface area contributed by atoms with Gasteiger partial charge in [0.05, 0.1) is 31.5 Å². The van der Waals surface area contributed by atoms with E-state index >= 15 is 0 Å². The van der Waals surface area contributed by atoms with Crippen LogP contribution in [0, 0.1) is 10.1 Å². The van der Waals surface area contributed by atoms with Crippen molar-refractivity contribution in [3.63, 3.8) is 0 Å². The first-order chi connectivity index (χ1) is 18.4. The fraction of sp³-hybridized carbons (Fsp3) is 0.192. The standard InChI is InChI=1S/C26H25N5O6S/c1-16(25(32)27-18-10-12-20(13-11-18)31(33)34)38-26-29-28-24(30(26)19-8-6-5-7-9-19)17-14-21(35-2)23(37-4)22(15-17)36-3/h5-16H,1-4H3,(H,27,32)/t16-/m1/s1. The van der Waals surface area contributed by atoms with Gasteiger partial charge in [0, 0.05) is 29.1 Å². The molecule has 0 bridgehead atoms. The summed E-state index contributed by atoms with van der Waals surface area (Å²) in [6, 6.07) is 18.7. The first-order valence-corrected chi connectivity index (χ1v) is 12.3. The fourth-order valence-corrected chi connectivity index (χ4v) is 4.54. The number of non-ortho nitro benzene ring substituents is 1. The van der Waals surface area contributed by atoms with E-state index in [4.69, 9.17) is 14.2 Å². The number of carbonyl (C=O) groups excluding carboxylic acids is 1. The molecular weight excluding hydrogens is 510 g/mol. The zero-order chi connectivity index (χ0) is 27.2. The van der Waals surface area contributed by atoms with Crippen LogP contribution in [0.5, 0.6) is 17.2 Å². The summed E-state index contributed by atoms with van der Waals surface area (Å²) in [5, 5.41) is 22.4. The number of nitrogens with one attached hydrogen (secondary N) is 1. The minimum Gasteiger partial charge on any atom is -0.493 e. The number of rotatable bonds is 10. The average Bonchev–Trinajstić information content (AvgIpc) is 3.36. The monoisotopic (exact) mass is 535 g/mol. The molecular formula is C26H25N5O6S. The van der Waals surface area contributed by atoms with E-state index in [1.165, 1.54) is 57.4 Å². The van der Waals surface area contributed by atoms with Crippen molar-refractivity contribution in [1.29, 1.82) is 0 Å². The minimum atomic E-state index is -0.565. The molecule has 0 saturated carbocycles. The summed E-state index contributed by atoms with van der Waals surface area (Å²) in [7, 11) is 4.61. The van der Waals surface area contributed by atoms with Gasteiger partial charge in [0.1, 0.15) is 0 Å². The van der Waals surface area contributed by atoms with E-state index < -0.39 is 10.2 Å². The third kappa shape index (κ3) is 5.54. The second-order valence-electron chi connectivity index (χ2n) is 7.94. The van der Waals surface area contributed by atoms with Crippen LogP contribution in [0.25, 0.3) is 17.1 Å². The highest BCUT2D eigenvalue weighted by Gasteiger charge is 2.24. The van der Waals surface area contributed by atoms with E-state index in [0.717, 1.165) is 5.69 Å². The highest BCUT2D eigenvalue weighted by atomic mass is 32.2. The number of nitro benzene ring substituents is 1. The number of amides is 1. The molecule has 0 aliphatic rings. The minimum absolute atomic E-state index is 0.0549. The third-order valence-electron chi connectivity index (χ3n) is 5.57.